The average molecular weight is 252 g/mol. The van der Waals surface area contributed by atoms with E-state index in [1.165, 1.54) is 36.1 Å². The van der Waals surface area contributed by atoms with E-state index in [9.17, 15) is 0 Å². The van der Waals surface area contributed by atoms with Gasteiger partial charge < -0.3 is 4.74 Å². The molecule has 1 aromatic heterocycles. The largest absolute Gasteiger partial charge is 0.496 e. The first-order valence-corrected chi connectivity index (χ1v) is 7.01. The van der Waals surface area contributed by atoms with Gasteiger partial charge in [0.25, 0.3) is 0 Å². The fourth-order valence-electron chi connectivity index (χ4n) is 2.34. The minimum absolute atomic E-state index is 0.114. The van der Waals surface area contributed by atoms with E-state index >= 15 is 0 Å². The Bertz CT molecular complexity index is 387. The highest BCUT2D eigenvalue weighted by Crippen LogP contribution is 2.37. The number of hydrazine groups is 1. The van der Waals surface area contributed by atoms with Crippen molar-refractivity contribution in [1.82, 2.24) is 5.43 Å². The summed E-state index contributed by atoms with van der Waals surface area (Å²) in [7, 11) is 1.71. The summed E-state index contributed by atoms with van der Waals surface area (Å²) in [6.07, 6.45) is 8.52. The quantitative estimate of drug-likeness (QED) is 0.491. The maximum absolute atomic E-state index is 5.73. The van der Waals surface area contributed by atoms with Gasteiger partial charge in [-0.25, -0.2) is 5.43 Å². The zero-order valence-corrected chi connectivity index (χ0v) is 11.1. The lowest BCUT2D eigenvalue weighted by molar-refractivity contribution is 0.406. The highest BCUT2D eigenvalue weighted by atomic mass is 32.1. The van der Waals surface area contributed by atoms with Crippen LogP contribution < -0.4 is 16.0 Å². The highest BCUT2D eigenvalue weighted by molar-refractivity contribution is 7.10. The monoisotopic (exact) mass is 252 g/mol. The molecule has 3 N–H and O–H groups in total. The summed E-state index contributed by atoms with van der Waals surface area (Å²) in [6, 6.07) is 2.12. The Morgan fingerprint density at radius 3 is 3.06 bits per heavy atom. The third-order valence-electron chi connectivity index (χ3n) is 3.25. The number of nitrogens with two attached hydrogens (primary N) is 1. The summed E-state index contributed by atoms with van der Waals surface area (Å²) in [5.74, 6) is 6.66. The molecule has 0 amide bonds. The van der Waals surface area contributed by atoms with E-state index in [4.69, 9.17) is 10.6 Å². The van der Waals surface area contributed by atoms with Crippen LogP contribution >= 0.6 is 11.3 Å². The zero-order valence-electron chi connectivity index (χ0n) is 10.2. The van der Waals surface area contributed by atoms with Crippen molar-refractivity contribution in [3.05, 3.63) is 28.0 Å². The van der Waals surface area contributed by atoms with Crippen molar-refractivity contribution >= 4 is 11.3 Å². The summed E-state index contributed by atoms with van der Waals surface area (Å²) in [5.41, 5.74) is 4.35. The maximum atomic E-state index is 5.73. The van der Waals surface area contributed by atoms with E-state index < -0.39 is 0 Å². The molecular formula is C13H20N2OS. The predicted molar refractivity (Wildman–Crippen MR) is 72.1 cm³/mol. The molecule has 17 heavy (non-hydrogen) atoms. The molecule has 1 aliphatic rings. The Morgan fingerprint density at radius 2 is 2.29 bits per heavy atom. The number of allylic oxidation sites excluding steroid dienone is 1. The van der Waals surface area contributed by atoms with Crippen LogP contribution in [-0.4, -0.2) is 7.11 Å². The summed E-state index contributed by atoms with van der Waals surface area (Å²) in [5, 5.41) is 2.05. The number of methoxy groups -OCH3 is 1. The number of hydrogen-bond acceptors (Lipinski definition) is 4. The lowest BCUT2D eigenvalue weighted by atomic mass is 10.0. The molecule has 1 aliphatic carbocycles. The Hall–Kier alpha value is -0.840. The molecule has 0 aromatic carbocycles. The average Bonchev–Trinajstić information content (AvgIpc) is 2.65. The lowest BCUT2D eigenvalue weighted by Gasteiger charge is -2.19. The van der Waals surface area contributed by atoms with E-state index in [1.807, 2.05) is 6.07 Å². The van der Waals surface area contributed by atoms with Gasteiger partial charge in [0, 0.05) is 0 Å². The van der Waals surface area contributed by atoms with Crippen molar-refractivity contribution < 1.29 is 4.74 Å². The van der Waals surface area contributed by atoms with Crippen LogP contribution in [0.2, 0.25) is 0 Å². The van der Waals surface area contributed by atoms with Crippen LogP contribution in [0.25, 0.3) is 0 Å². The number of ether oxygens (including phenoxy) is 1. The predicted octanol–water partition coefficient (Wildman–Crippen LogP) is 3.15. The molecule has 4 heteroatoms. The standard InChI is InChI=1S/C13H20N2OS/c1-16-11-8-9-17-13(11)12(15-14)10-6-4-2-3-5-7-10/h6,8-9,12,15H,2-5,7,14H2,1H3. The fraction of sp³-hybridized carbons (Fsp3) is 0.538. The van der Waals surface area contributed by atoms with Gasteiger partial charge in [-0.05, 0) is 37.1 Å². The Kier molecular flexibility index (Phi) is 4.59. The van der Waals surface area contributed by atoms with Gasteiger partial charge in [-0.1, -0.05) is 18.1 Å². The van der Waals surface area contributed by atoms with Crippen LogP contribution in [0.1, 0.15) is 43.0 Å². The lowest BCUT2D eigenvalue weighted by Crippen LogP contribution is -2.29. The number of rotatable bonds is 4. The van der Waals surface area contributed by atoms with Gasteiger partial charge >= 0.3 is 0 Å². The Balaban J connectivity index is 2.23. The smallest absolute Gasteiger partial charge is 0.134 e. The maximum Gasteiger partial charge on any atom is 0.134 e. The van der Waals surface area contributed by atoms with Crippen LogP contribution in [0, 0.1) is 0 Å². The molecule has 0 bridgehead atoms. The minimum Gasteiger partial charge on any atom is -0.496 e. The molecule has 0 spiro atoms. The van der Waals surface area contributed by atoms with Crippen molar-refractivity contribution in [2.75, 3.05) is 7.11 Å². The first-order valence-electron chi connectivity index (χ1n) is 6.13. The molecular weight excluding hydrogens is 232 g/mol. The van der Waals surface area contributed by atoms with Crippen LogP contribution in [-0.2, 0) is 0 Å². The molecule has 1 unspecified atom stereocenters. The van der Waals surface area contributed by atoms with Crippen molar-refractivity contribution in [2.45, 2.75) is 38.1 Å². The van der Waals surface area contributed by atoms with Crippen molar-refractivity contribution in [2.24, 2.45) is 5.84 Å². The van der Waals surface area contributed by atoms with Crippen LogP contribution in [0.5, 0.6) is 5.75 Å². The molecule has 1 aromatic rings. The Labute approximate surface area is 107 Å². The van der Waals surface area contributed by atoms with E-state index in [2.05, 4.69) is 16.9 Å². The minimum atomic E-state index is 0.114. The third-order valence-corrected chi connectivity index (χ3v) is 4.22. The Morgan fingerprint density at radius 1 is 1.41 bits per heavy atom. The van der Waals surface area contributed by atoms with Crippen LogP contribution in [0.3, 0.4) is 0 Å². The highest BCUT2D eigenvalue weighted by Gasteiger charge is 2.20. The molecule has 2 rings (SSSR count). The first-order chi connectivity index (χ1) is 8.36. The van der Waals surface area contributed by atoms with E-state index in [1.54, 1.807) is 18.4 Å². The summed E-state index contributed by atoms with van der Waals surface area (Å²) in [4.78, 5) is 1.18. The second-order valence-electron chi connectivity index (χ2n) is 4.33. The topological polar surface area (TPSA) is 47.3 Å². The zero-order chi connectivity index (χ0) is 12.1. The molecule has 1 heterocycles. The van der Waals surface area contributed by atoms with Gasteiger partial charge in [-0.15, -0.1) is 11.3 Å². The van der Waals surface area contributed by atoms with Gasteiger partial charge in [-0.3, -0.25) is 5.84 Å². The van der Waals surface area contributed by atoms with E-state index in [0.717, 1.165) is 12.2 Å². The number of nitrogens with one attached hydrogen (secondary N) is 1. The van der Waals surface area contributed by atoms with Crippen molar-refractivity contribution in [1.29, 1.82) is 0 Å². The summed E-state index contributed by atoms with van der Waals surface area (Å²) < 4.78 is 5.38. The molecule has 0 radical (unpaired) electrons. The molecule has 0 saturated heterocycles. The molecule has 0 saturated carbocycles. The van der Waals surface area contributed by atoms with E-state index in [0.29, 0.717) is 0 Å². The number of thiophene rings is 1. The van der Waals surface area contributed by atoms with Gasteiger partial charge in [0.1, 0.15) is 5.75 Å². The second-order valence-corrected chi connectivity index (χ2v) is 5.28. The summed E-state index contributed by atoms with van der Waals surface area (Å²) >= 11 is 1.70. The normalized spacial score (nSPS) is 18.4. The van der Waals surface area contributed by atoms with Gasteiger partial charge in [-0.2, -0.15) is 0 Å². The molecule has 0 aliphatic heterocycles. The number of hydrogen-bond donors (Lipinski definition) is 2. The van der Waals surface area contributed by atoms with Crippen molar-refractivity contribution in [3.63, 3.8) is 0 Å². The van der Waals surface area contributed by atoms with E-state index in [-0.39, 0.29) is 6.04 Å². The molecule has 3 nitrogen and oxygen atoms in total. The van der Waals surface area contributed by atoms with Crippen molar-refractivity contribution in [3.8, 4) is 5.75 Å². The SMILES string of the molecule is COc1ccsc1C(NN)C1=CCCCCC1. The molecule has 0 fully saturated rings. The van der Waals surface area contributed by atoms with Crippen LogP contribution in [0.4, 0.5) is 0 Å². The van der Waals surface area contributed by atoms with Gasteiger partial charge in [0.15, 0.2) is 0 Å². The van der Waals surface area contributed by atoms with Gasteiger partial charge in [0.2, 0.25) is 0 Å². The fourth-order valence-corrected chi connectivity index (χ4v) is 3.30. The molecule has 94 valence electrons. The van der Waals surface area contributed by atoms with Crippen LogP contribution in [0.15, 0.2) is 23.1 Å². The second kappa shape index (κ2) is 6.19. The summed E-state index contributed by atoms with van der Waals surface area (Å²) in [6.45, 7) is 0. The first kappa shape index (κ1) is 12.6. The molecule has 1 atom stereocenters. The third kappa shape index (κ3) is 2.89. The van der Waals surface area contributed by atoms with Gasteiger partial charge in [0.05, 0.1) is 18.0 Å².